The van der Waals surface area contributed by atoms with Gasteiger partial charge in [0, 0.05) is 25.6 Å². The number of esters is 2. The van der Waals surface area contributed by atoms with E-state index in [2.05, 4.69) is 0 Å². The molecule has 8 heteroatoms. The number of para-hydroxylation sites is 2. The highest BCUT2D eigenvalue weighted by molar-refractivity contribution is 5.82. The van der Waals surface area contributed by atoms with Crippen molar-refractivity contribution in [3.05, 3.63) is 34.4 Å². The average Bonchev–Trinajstić information content (AvgIpc) is 2.92. The molecule has 2 aliphatic rings. The van der Waals surface area contributed by atoms with Crippen molar-refractivity contribution in [1.29, 1.82) is 0 Å². The van der Waals surface area contributed by atoms with Crippen LogP contribution in [0.3, 0.4) is 0 Å². The van der Waals surface area contributed by atoms with Crippen LogP contribution in [0.5, 0.6) is 0 Å². The summed E-state index contributed by atoms with van der Waals surface area (Å²) in [5.74, 6) is -1.18. The van der Waals surface area contributed by atoms with E-state index in [1.165, 1.54) is 6.07 Å². The van der Waals surface area contributed by atoms with Gasteiger partial charge >= 0.3 is 11.9 Å². The van der Waals surface area contributed by atoms with Gasteiger partial charge in [-0.15, -0.1) is 0 Å². The van der Waals surface area contributed by atoms with Crippen LogP contribution in [0.1, 0.15) is 26.2 Å². The number of nitro groups is 1. The first-order chi connectivity index (χ1) is 12.0. The monoisotopic (exact) mass is 348 g/mol. The van der Waals surface area contributed by atoms with Crippen molar-refractivity contribution < 1.29 is 24.0 Å². The minimum atomic E-state index is -0.809. The Bertz CT molecular complexity index is 683. The molecule has 2 saturated heterocycles. The van der Waals surface area contributed by atoms with Crippen LogP contribution in [-0.2, 0) is 19.1 Å². The Hall–Kier alpha value is -2.64. The molecule has 25 heavy (non-hydrogen) atoms. The normalized spacial score (nSPS) is 24.0. The number of carbonyl (C=O) groups is 2. The highest BCUT2D eigenvalue weighted by Crippen LogP contribution is 2.31. The lowest BCUT2D eigenvalue weighted by Gasteiger charge is -2.32. The van der Waals surface area contributed by atoms with Gasteiger partial charge in [-0.1, -0.05) is 12.1 Å². The van der Waals surface area contributed by atoms with Crippen LogP contribution in [-0.4, -0.2) is 42.2 Å². The van der Waals surface area contributed by atoms with Crippen LogP contribution in [0.2, 0.25) is 0 Å². The zero-order valence-corrected chi connectivity index (χ0v) is 13.9. The molecule has 2 aliphatic heterocycles. The van der Waals surface area contributed by atoms with E-state index in [1.54, 1.807) is 25.1 Å². The predicted octanol–water partition coefficient (Wildman–Crippen LogP) is 2.06. The van der Waals surface area contributed by atoms with Gasteiger partial charge in [0.15, 0.2) is 0 Å². The van der Waals surface area contributed by atoms with Crippen molar-refractivity contribution in [3.63, 3.8) is 0 Å². The maximum atomic E-state index is 12.3. The second-order valence-corrected chi connectivity index (χ2v) is 6.42. The molecule has 0 radical (unpaired) electrons. The summed E-state index contributed by atoms with van der Waals surface area (Å²) in [5.41, 5.74) is 0.624. The molecular weight excluding hydrogens is 328 g/mol. The van der Waals surface area contributed by atoms with E-state index < -0.39 is 23.0 Å². The zero-order chi connectivity index (χ0) is 18.0. The zero-order valence-electron chi connectivity index (χ0n) is 13.9. The van der Waals surface area contributed by atoms with E-state index >= 15 is 0 Å². The fourth-order valence-corrected chi connectivity index (χ4v) is 3.29. The SMILES string of the molecule is C[C@@H]1C[C@@H](OC(=O)C2CCN(c3ccccc3[N+](=O)[O-])CC2)C(=O)O1. The third-order valence-corrected chi connectivity index (χ3v) is 4.63. The summed E-state index contributed by atoms with van der Waals surface area (Å²) in [7, 11) is 0. The van der Waals surface area contributed by atoms with Crippen LogP contribution in [0.15, 0.2) is 24.3 Å². The van der Waals surface area contributed by atoms with Gasteiger partial charge in [-0.3, -0.25) is 14.9 Å². The highest BCUT2D eigenvalue weighted by atomic mass is 16.6. The number of anilines is 1. The number of ether oxygens (including phenoxy) is 2. The van der Waals surface area contributed by atoms with Gasteiger partial charge in [0.1, 0.15) is 11.8 Å². The molecule has 0 amide bonds. The molecule has 0 spiro atoms. The maximum absolute atomic E-state index is 12.3. The van der Waals surface area contributed by atoms with E-state index in [-0.39, 0.29) is 17.7 Å². The molecule has 8 nitrogen and oxygen atoms in total. The van der Waals surface area contributed by atoms with Crippen molar-refractivity contribution in [1.82, 2.24) is 0 Å². The molecule has 2 fully saturated rings. The molecule has 2 atom stereocenters. The lowest BCUT2D eigenvalue weighted by molar-refractivity contribution is -0.384. The summed E-state index contributed by atoms with van der Waals surface area (Å²) in [6.07, 6.45) is 0.408. The highest BCUT2D eigenvalue weighted by Gasteiger charge is 2.37. The van der Waals surface area contributed by atoms with Crippen LogP contribution in [0.25, 0.3) is 0 Å². The molecule has 0 saturated carbocycles. The molecule has 3 rings (SSSR count). The molecule has 0 N–H and O–H groups in total. The van der Waals surface area contributed by atoms with E-state index in [1.807, 2.05) is 4.90 Å². The first-order valence-corrected chi connectivity index (χ1v) is 8.35. The van der Waals surface area contributed by atoms with Gasteiger partial charge in [-0.05, 0) is 25.8 Å². The number of cyclic esters (lactones) is 1. The number of nitro benzene ring substituents is 1. The van der Waals surface area contributed by atoms with Crippen molar-refractivity contribution in [2.45, 2.75) is 38.4 Å². The van der Waals surface area contributed by atoms with Crippen LogP contribution in [0.4, 0.5) is 11.4 Å². The van der Waals surface area contributed by atoms with Crippen molar-refractivity contribution >= 4 is 23.3 Å². The van der Waals surface area contributed by atoms with Crippen molar-refractivity contribution in [2.75, 3.05) is 18.0 Å². The largest absolute Gasteiger partial charge is 0.460 e. The lowest BCUT2D eigenvalue weighted by atomic mass is 9.96. The number of rotatable bonds is 4. The number of hydrogen-bond acceptors (Lipinski definition) is 7. The first kappa shape index (κ1) is 17.2. The van der Waals surface area contributed by atoms with Crippen LogP contribution >= 0.6 is 0 Å². The minimum Gasteiger partial charge on any atom is -0.460 e. The Balaban J connectivity index is 1.58. The quantitative estimate of drug-likeness (QED) is 0.466. The van der Waals surface area contributed by atoms with Crippen LogP contribution in [0, 0.1) is 16.0 Å². The molecule has 0 aromatic heterocycles. The lowest BCUT2D eigenvalue weighted by Crippen LogP contribution is -2.38. The maximum Gasteiger partial charge on any atom is 0.347 e. The second-order valence-electron chi connectivity index (χ2n) is 6.42. The van der Waals surface area contributed by atoms with E-state index in [9.17, 15) is 19.7 Å². The summed E-state index contributed by atoms with van der Waals surface area (Å²) < 4.78 is 10.3. The Labute approximate surface area is 144 Å². The van der Waals surface area contributed by atoms with Crippen molar-refractivity contribution in [2.24, 2.45) is 5.92 Å². The smallest absolute Gasteiger partial charge is 0.347 e. The Morgan fingerprint density at radius 2 is 2.00 bits per heavy atom. The Morgan fingerprint density at radius 3 is 2.60 bits per heavy atom. The Kier molecular flexibility index (Phi) is 4.87. The third kappa shape index (κ3) is 3.72. The average molecular weight is 348 g/mol. The number of benzene rings is 1. The van der Waals surface area contributed by atoms with Gasteiger partial charge in [0.2, 0.25) is 6.10 Å². The molecule has 2 heterocycles. The summed E-state index contributed by atoms with van der Waals surface area (Å²) in [6.45, 7) is 2.81. The van der Waals surface area contributed by atoms with Gasteiger partial charge in [-0.25, -0.2) is 4.79 Å². The van der Waals surface area contributed by atoms with Gasteiger partial charge in [0.25, 0.3) is 5.69 Å². The molecule has 0 unspecified atom stereocenters. The van der Waals surface area contributed by atoms with E-state index in [0.29, 0.717) is 38.0 Å². The fraction of sp³-hybridized carbons (Fsp3) is 0.529. The van der Waals surface area contributed by atoms with Gasteiger partial charge < -0.3 is 14.4 Å². The number of carbonyl (C=O) groups excluding carboxylic acids is 2. The molecule has 1 aromatic rings. The second kappa shape index (κ2) is 7.08. The third-order valence-electron chi connectivity index (χ3n) is 4.63. The molecule has 134 valence electrons. The summed E-state index contributed by atoms with van der Waals surface area (Å²) in [6, 6.07) is 6.58. The summed E-state index contributed by atoms with van der Waals surface area (Å²) in [4.78, 5) is 36.5. The minimum absolute atomic E-state index is 0.0613. The fourth-order valence-electron chi connectivity index (χ4n) is 3.29. The molecule has 1 aromatic carbocycles. The topological polar surface area (TPSA) is 99.0 Å². The Morgan fingerprint density at radius 1 is 1.32 bits per heavy atom. The molecule has 0 aliphatic carbocycles. The van der Waals surface area contributed by atoms with Crippen LogP contribution < -0.4 is 4.90 Å². The number of hydrogen-bond donors (Lipinski definition) is 0. The first-order valence-electron chi connectivity index (χ1n) is 8.35. The predicted molar refractivity (Wildman–Crippen MR) is 88.1 cm³/mol. The number of nitrogens with zero attached hydrogens (tertiary/aromatic N) is 2. The van der Waals surface area contributed by atoms with Gasteiger partial charge in [0.05, 0.1) is 10.8 Å². The molecule has 0 bridgehead atoms. The van der Waals surface area contributed by atoms with E-state index in [4.69, 9.17) is 9.47 Å². The van der Waals surface area contributed by atoms with Crippen molar-refractivity contribution in [3.8, 4) is 0 Å². The number of piperidine rings is 1. The van der Waals surface area contributed by atoms with E-state index in [0.717, 1.165) is 0 Å². The standard InChI is InChI=1S/C17H20N2O6/c1-11-10-15(17(21)24-11)25-16(20)12-6-8-18(9-7-12)13-4-2-3-5-14(13)19(22)23/h2-5,11-12,15H,6-10H2,1H3/t11-,15-/m1/s1. The summed E-state index contributed by atoms with van der Waals surface area (Å²) in [5, 5.41) is 11.1. The van der Waals surface area contributed by atoms with Gasteiger partial charge in [-0.2, -0.15) is 0 Å². The molecular formula is C17H20N2O6. The summed E-state index contributed by atoms with van der Waals surface area (Å²) >= 11 is 0.